The predicted molar refractivity (Wildman–Crippen MR) is 120 cm³/mol. The van der Waals surface area contributed by atoms with E-state index in [4.69, 9.17) is 14.2 Å². The molecule has 34 heavy (non-hydrogen) atoms. The van der Waals surface area contributed by atoms with Gasteiger partial charge >= 0.3 is 15.6 Å². The van der Waals surface area contributed by atoms with Crippen molar-refractivity contribution in [2.75, 3.05) is 20.3 Å². The summed E-state index contributed by atoms with van der Waals surface area (Å²) in [6.45, 7) is 1.85. The second-order valence-corrected chi connectivity index (χ2v) is 9.20. The zero-order chi connectivity index (χ0) is 25.2. The van der Waals surface area contributed by atoms with Crippen molar-refractivity contribution in [1.82, 2.24) is 0 Å². The van der Waals surface area contributed by atoms with Gasteiger partial charge in [0.1, 0.15) is 5.75 Å². The minimum atomic E-state index is -5.66. The summed E-state index contributed by atoms with van der Waals surface area (Å²) in [4.78, 5) is 0. The highest BCUT2D eigenvalue weighted by Crippen LogP contribution is 2.24. The van der Waals surface area contributed by atoms with E-state index in [1.54, 1.807) is 43.5 Å². The highest BCUT2D eigenvalue weighted by atomic mass is 32.2. The molecule has 0 fully saturated rings. The number of aliphatic hydroxyl groups excluding tert-OH is 1. The van der Waals surface area contributed by atoms with Gasteiger partial charge in [-0.3, -0.25) is 4.18 Å². The summed E-state index contributed by atoms with van der Waals surface area (Å²) in [5, 5.41) is 10.6. The molecule has 190 valence electrons. The van der Waals surface area contributed by atoms with Crippen LogP contribution in [0.4, 0.5) is 13.2 Å². The van der Waals surface area contributed by atoms with Crippen LogP contribution >= 0.6 is 0 Å². The molecule has 7 nitrogen and oxygen atoms in total. The van der Waals surface area contributed by atoms with Gasteiger partial charge in [-0.15, -0.1) is 0 Å². The molecule has 0 spiro atoms. The van der Waals surface area contributed by atoms with E-state index in [9.17, 15) is 26.7 Å². The van der Waals surface area contributed by atoms with Gasteiger partial charge in [0, 0.05) is 0 Å². The van der Waals surface area contributed by atoms with Crippen LogP contribution in [0.5, 0.6) is 5.75 Å². The number of benzene rings is 1. The normalized spacial score (nSPS) is 19.4. The number of rotatable bonds is 12. The van der Waals surface area contributed by atoms with Crippen molar-refractivity contribution in [2.45, 2.75) is 50.2 Å². The Hall–Kier alpha value is -2.18. The van der Waals surface area contributed by atoms with Crippen molar-refractivity contribution < 1.29 is 45.1 Å². The van der Waals surface area contributed by atoms with Gasteiger partial charge in [0.2, 0.25) is 0 Å². The van der Waals surface area contributed by atoms with E-state index in [0.717, 1.165) is 11.6 Å². The highest BCUT2D eigenvalue weighted by molar-refractivity contribution is 7.87. The lowest BCUT2D eigenvalue weighted by Gasteiger charge is -2.22. The Morgan fingerprint density at radius 3 is 2.56 bits per heavy atom. The third kappa shape index (κ3) is 9.22. The smallest absolute Gasteiger partial charge is 0.497 e. The Labute approximate surface area is 197 Å². The first-order valence-electron chi connectivity index (χ1n) is 10.5. The first-order valence-corrected chi connectivity index (χ1v) is 11.9. The van der Waals surface area contributed by atoms with E-state index in [1.165, 1.54) is 11.6 Å². The zero-order valence-corrected chi connectivity index (χ0v) is 19.7. The molecule has 1 N–H and O–H groups in total. The van der Waals surface area contributed by atoms with Gasteiger partial charge in [0.15, 0.2) is 0 Å². The molecule has 0 saturated carbocycles. The van der Waals surface area contributed by atoms with Crippen LogP contribution in [0, 0.1) is 0 Å². The van der Waals surface area contributed by atoms with Gasteiger partial charge in [-0.1, -0.05) is 48.1 Å². The molecule has 0 bridgehead atoms. The lowest BCUT2D eigenvalue weighted by molar-refractivity contribution is -0.0535. The molecule has 11 heteroatoms. The van der Waals surface area contributed by atoms with Crippen LogP contribution in [-0.4, -0.2) is 57.7 Å². The number of methoxy groups -OCH3 is 1. The fraction of sp³-hybridized carbons (Fsp3) is 0.478. The van der Waals surface area contributed by atoms with Gasteiger partial charge in [-0.2, -0.15) is 21.6 Å². The Morgan fingerprint density at radius 2 is 1.94 bits per heavy atom. The van der Waals surface area contributed by atoms with E-state index in [1.807, 2.05) is 13.0 Å². The largest absolute Gasteiger partial charge is 0.523 e. The van der Waals surface area contributed by atoms with Crippen LogP contribution in [0.25, 0.3) is 0 Å². The van der Waals surface area contributed by atoms with E-state index in [-0.39, 0.29) is 19.1 Å². The first-order chi connectivity index (χ1) is 16.0. The fourth-order valence-electron chi connectivity index (χ4n) is 2.98. The van der Waals surface area contributed by atoms with E-state index >= 15 is 0 Å². The summed E-state index contributed by atoms with van der Waals surface area (Å²) in [6.07, 6.45) is 6.62. The molecule has 0 radical (unpaired) electrons. The van der Waals surface area contributed by atoms with Gasteiger partial charge in [0.05, 0.1) is 45.2 Å². The fourth-order valence-corrected chi connectivity index (χ4v) is 3.38. The lowest BCUT2D eigenvalue weighted by atomic mass is 10.0. The number of aliphatic hydroxyl groups is 1. The molecule has 0 aliphatic carbocycles. The van der Waals surface area contributed by atoms with E-state index in [2.05, 4.69) is 4.18 Å². The Bertz CT molecular complexity index is 954. The molecule has 1 aromatic carbocycles. The Morgan fingerprint density at radius 1 is 1.24 bits per heavy atom. The van der Waals surface area contributed by atoms with Crippen molar-refractivity contribution in [3.05, 3.63) is 65.8 Å². The summed E-state index contributed by atoms with van der Waals surface area (Å²) >= 11 is 0. The molecule has 0 unspecified atom stereocenters. The number of alkyl halides is 3. The highest BCUT2D eigenvalue weighted by Gasteiger charge is 2.47. The summed E-state index contributed by atoms with van der Waals surface area (Å²) in [7, 11) is -4.11. The first kappa shape index (κ1) is 28.1. The molecule has 1 aliphatic heterocycles. The molecule has 2 rings (SSSR count). The average Bonchev–Trinajstić information content (AvgIpc) is 2.79. The zero-order valence-electron chi connectivity index (χ0n) is 18.9. The molecule has 3 atom stereocenters. The van der Waals surface area contributed by atoms with Crippen molar-refractivity contribution in [3.63, 3.8) is 0 Å². The molecule has 1 aliphatic rings. The number of hydrogen-bond acceptors (Lipinski definition) is 7. The molecule has 0 saturated heterocycles. The monoisotopic (exact) mass is 506 g/mol. The van der Waals surface area contributed by atoms with E-state index < -0.39 is 34.4 Å². The van der Waals surface area contributed by atoms with Gasteiger partial charge in [-0.25, -0.2) is 0 Å². The van der Waals surface area contributed by atoms with Crippen molar-refractivity contribution in [2.24, 2.45) is 0 Å². The Kier molecular flexibility index (Phi) is 10.8. The Balaban J connectivity index is 1.99. The van der Waals surface area contributed by atoms with Crippen molar-refractivity contribution in [3.8, 4) is 5.75 Å². The summed E-state index contributed by atoms with van der Waals surface area (Å²) in [5.41, 5.74) is -3.48. The molecular weight excluding hydrogens is 477 g/mol. The minimum absolute atomic E-state index is 0.0988. The number of ether oxygens (including phenoxy) is 3. The number of halogens is 3. The topological polar surface area (TPSA) is 91.3 Å². The molecule has 0 amide bonds. The average molecular weight is 507 g/mol. The third-order valence-electron chi connectivity index (χ3n) is 4.93. The molecule has 1 heterocycles. The van der Waals surface area contributed by atoms with Crippen molar-refractivity contribution in [1.29, 1.82) is 0 Å². The third-order valence-corrected chi connectivity index (χ3v) is 5.94. The van der Waals surface area contributed by atoms with Crippen LogP contribution in [0.3, 0.4) is 0 Å². The van der Waals surface area contributed by atoms with Crippen LogP contribution in [-0.2, 0) is 30.4 Å². The van der Waals surface area contributed by atoms with Gasteiger partial charge < -0.3 is 19.3 Å². The van der Waals surface area contributed by atoms with Crippen molar-refractivity contribution >= 4 is 10.1 Å². The second-order valence-electron chi connectivity index (χ2n) is 7.59. The quantitative estimate of drug-likeness (QED) is 0.260. The van der Waals surface area contributed by atoms with Crippen LogP contribution in [0.2, 0.25) is 0 Å². The number of hydrogen-bond donors (Lipinski definition) is 1. The summed E-state index contributed by atoms with van der Waals surface area (Å²) in [5.74, 6) is 0.678. The molecule has 0 aromatic heterocycles. The van der Waals surface area contributed by atoms with Crippen LogP contribution in [0.1, 0.15) is 25.3 Å². The maximum atomic E-state index is 12.3. The van der Waals surface area contributed by atoms with Crippen LogP contribution < -0.4 is 4.74 Å². The van der Waals surface area contributed by atoms with Crippen LogP contribution in [0.15, 0.2) is 60.2 Å². The maximum Gasteiger partial charge on any atom is 0.523 e. The van der Waals surface area contributed by atoms with E-state index in [0.29, 0.717) is 18.8 Å². The summed E-state index contributed by atoms with van der Waals surface area (Å²) in [6, 6.07) is 7.13. The van der Waals surface area contributed by atoms with Gasteiger partial charge in [-0.05, 0) is 37.5 Å². The molecular formula is C23H29F3O7S. The standard InChI is InChI=1S/C23H29F3O7S/c1-17-12-14-31-20(15-17)10-11-21(27)22(32-16-18-6-8-19(30-2)9-7-18)5-3-4-13-33-34(28,29)23(24,25)26/h3-4,6-12,20-22,27H,5,13-16H2,1-2H3/b4-3+,11-10+/t20-,21+,22+/m1/s1. The SMILES string of the molecule is COc1ccc(CO[C@@H](C/C=C/COS(=O)(=O)C(F)(F)F)[C@@H](O)/C=C/[C@@H]2CC(C)=CCO2)cc1. The maximum absolute atomic E-state index is 12.3. The lowest BCUT2D eigenvalue weighted by Crippen LogP contribution is -2.28. The summed E-state index contributed by atoms with van der Waals surface area (Å²) < 4.78 is 79.4. The van der Waals surface area contributed by atoms with Gasteiger partial charge in [0.25, 0.3) is 0 Å². The minimum Gasteiger partial charge on any atom is -0.497 e. The predicted octanol–water partition coefficient (Wildman–Crippen LogP) is 4.05. The molecule has 1 aromatic rings. The second kappa shape index (κ2) is 13.1.